The summed E-state index contributed by atoms with van der Waals surface area (Å²) in [4.78, 5) is 11.8. The van der Waals surface area contributed by atoms with Crippen LogP contribution in [0.4, 0.5) is 0 Å². The van der Waals surface area contributed by atoms with Gasteiger partial charge in [-0.1, -0.05) is 0 Å². The van der Waals surface area contributed by atoms with Gasteiger partial charge in [-0.15, -0.1) is 0 Å². The van der Waals surface area contributed by atoms with Crippen LogP contribution in [-0.2, 0) is 14.8 Å². The largest absolute Gasteiger partial charge is 0.352 e. The van der Waals surface area contributed by atoms with Crippen LogP contribution < -0.4 is 11.1 Å². The molecule has 1 amide bonds. The highest BCUT2D eigenvalue weighted by Crippen LogP contribution is 2.17. The maximum absolute atomic E-state index is 12.0. The Morgan fingerprint density at radius 3 is 2.16 bits per heavy atom. The van der Waals surface area contributed by atoms with Crippen LogP contribution in [0, 0.1) is 0 Å². The van der Waals surface area contributed by atoms with Gasteiger partial charge in [0.15, 0.2) is 0 Å². The lowest BCUT2D eigenvalue weighted by molar-refractivity contribution is -0.126. The lowest BCUT2D eigenvalue weighted by Gasteiger charge is -2.33. The number of carbonyl (C=O) groups excluding carboxylic acids is 1. The molecule has 3 N–H and O–H groups in total. The molecule has 0 aromatic carbocycles. The van der Waals surface area contributed by atoms with Crippen LogP contribution in [0.3, 0.4) is 0 Å². The van der Waals surface area contributed by atoms with Crippen LogP contribution in [0.5, 0.6) is 0 Å². The van der Waals surface area contributed by atoms with Crippen molar-refractivity contribution in [2.75, 3.05) is 13.1 Å². The molecular weight excluding hydrogens is 266 g/mol. The molecule has 1 rings (SSSR count). The minimum atomic E-state index is -3.18. The second-order valence-corrected chi connectivity index (χ2v) is 8.45. The SMILES string of the molecule is CC(C)S(=O)(=O)N1CCC(NC(=O)C(C)(C)N)CC1. The van der Waals surface area contributed by atoms with Gasteiger partial charge < -0.3 is 11.1 Å². The van der Waals surface area contributed by atoms with E-state index in [0.29, 0.717) is 25.9 Å². The number of nitrogens with one attached hydrogen (secondary N) is 1. The molecule has 1 aliphatic heterocycles. The molecule has 7 heteroatoms. The number of nitrogens with two attached hydrogens (primary N) is 1. The Morgan fingerprint density at radius 1 is 1.32 bits per heavy atom. The maximum atomic E-state index is 12.0. The normalized spacial score (nSPS) is 19.7. The van der Waals surface area contributed by atoms with E-state index in [9.17, 15) is 13.2 Å². The molecule has 0 bridgehead atoms. The van der Waals surface area contributed by atoms with Gasteiger partial charge in [-0.3, -0.25) is 4.79 Å². The fraction of sp³-hybridized carbons (Fsp3) is 0.917. The van der Waals surface area contributed by atoms with E-state index in [2.05, 4.69) is 5.32 Å². The summed E-state index contributed by atoms with van der Waals surface area (Å²) in [5.41, 5.74) is 4.81. The van der Waals surface area contributed by atoms with Gasteiger partial charge in [0.2, 0.25) is 15.9 Å². The number of amides is 1. The zero-order valence-electron chi connectivity index (χ0n) is 12.1. The molecule has 1 heterocycles. The van der Waals surface area contributed by atoms with Crippen LogP contribution in [0.1, 0.15) is 40.5 Å². The fourth-order valence-electron chi connectivity index (χ4n) is 1.92. The van der Waals surface area contributed by atoms with Crippen molar-refractivity contribution < 1.29 is 13.2 Å². The molecule has 0 saturated carbocycles. The third kappa shape index (κ3) is 4.15. The molecule has 0 aromatic rings. The van der Waals surface area contributed by atoms with E-state index in [0.717, 1.165) is 0 Å². The summed E-state index contributed by atoms with van der Waals surface area (Å²) in [6, 6.07) is 0.00828. The number of piperidine rings is 1. The van der Waals surface area contributed by atoms with Crippen molar-refractivity contribution in [1.29, 1.82) is 0 Å². The van der Waals surface area contributed by atoms with Crippen molar-refractivity contribution in [2.24, 2.45) is 5.73 Å². The van der Waals surface area contributed by atoms with E-state index in [1.165, 1.54) is 4.31 Å². The Morgan fingerprint density at radius 2 is 1.79 bits per heavy atom. The highest BCUT2D eigenvalue weighted by molar-refractivity contribution is 7.89. The van der Waals surface area contributed by atoms with Crippen molar-refractivity contribution >= 4 is 15.9 Å². The molecule has 1 aliphatic rings. The molecule has 0 radical (unpaired) electrons. The fourth-order valence-corrected chi connectivity index (χ4v) is 3.24. The summed E-state index contributed by atoms with van der Waals surface area (Å²) < 4.78 is 25.5. The van der Waals surface area contributed by atoms with Crippen LogP contribution in [0.25, 0.3) is 0 Å². The molecule has 0 atom stereocenters. The first-order chi connectivity index (χ1) is 8.55. The maximum Gasteiger partial charge on any atom is 0.239 e. The summed E-state index contributed by atoms with van der Waals surface area (Å²) in [6.07, 6.45) is 1.27. The lowest BCUT2D eigenvalue weighted by Crippen LogP contribution is -2.55. The number of carbonyl (C=O) groups is 1. The van der Waals surface area contributed by atoms with Gasteiger partial charge in [0.1, 0.15) is 0 Å². The highest BCUT2D eigenvalue weighted by Gasteiger charge is 2.32. The zero-order valence-corrected chi connectivity index (χ0v) is 13.0. The average Bonchev–Trinajstić information content (AvgIpc) is 2.28. The standard InChI is InChI=1S/C12H25N3O3S/c1-9(2)19(17,18)15-7-5-10(6-8-15)14-11(16)12(3,4)13/h9-10H,5-8,13H2,1-4H3,(H,14,16). The first-order valence-electron chi connectivity index (χ1n) is 6.64. The number of sulfonamides is 1. The van der Waals surface area contributed by atoms with E-state index >= 15 is 0 Å². The molecular formula is C12H25N3O3S. The summed E-state index contributed by atoms with van der Waals surface area (Å²) in [5, 5.41) is 2.47. The molecule has 112 valence electrons. The van der Waals surface area contributed by atoms with Crippen molar-refractivity contribution in [3.63, 3.8) is 0 Å². The average molecular weight is 291 g/mol. The smallest absolute Gasteiger partial charge is 0.239 e. The van der Waals surface area contributed by atoms with E-state index in [4.69, 9.17) is 5.73 Å². The van der Waals surface area contributed by atoms with Crippen LogP contribution in [0.2, 0.25) is 0 Å². The number of hydrogen-bond acceptors (Lipinski definition) is 4. The second-order valence-electron chi connectivity index (χ2n) is 5.96. The third-order valence-electron chi connectivity index (χ3n) is 3.33. The minimum absolute atomic E-state index is 0.00828. The van der Waals surface area contributed by atoms with Crippen LogP contribution in [-0.4, -0.2) is 48.6 Å². The summed E-state index contributed by atoms with van der Waals surface area (Å²) in [7, 11) is -3.18. The van der Waals surface area contributed by atoms with Crippen molar-refractivity contribution in [3.8, 4) is 0 Å². The van der Waals surface area contributed by atoms with Gasteiger partial charge >= 0.3 is 0 Å². The molecule has 1 fully saturated rings. The van der Waals surface area contributed by atoms with Gasteiger partial charge in [0, 0.05) is 19.1 Å². The highest BCUT2D eigenvalue weighted by atomic mass is 32.2. The van der Waals surface area contributed by atoms with Crippen LogP contribution >= 0.6 is 0 Å². The Balaban J connectivity index is 2.53. The van der Waals surface area contributed by atoms with Crippen molar-refractivity contribution in [3.05, 3.63) is 0 Å². The predicted molar refractivity (Wildman–Crippen MR) is 75.1 cm³/mol. The van der Waals surface area contributed by atoms with E-state index in [1.807, 2.05) is 0 Å². The second kappa shape index (κ2) is 5.76. The molecule has 0 aromatic heterocycles. The number of rotatable bonds is 4. The van der Waals surface area contributed by atoms with E-state index in [-0.39, 0.29) is 11.9 Å². The van der Waals surface area contributed by atoms with Gasteiger partial charge in [-0.2, -0.15) is 0 Å². The summed E-state index contributed by atoms with van der Waals surface area (Å²) in [6.45, 7) is 7.58. The molecule has 19 heavy (non-hydrogen) atoms. The first kappa shape index (κ1) is 16.4. The van der Waals surface area contributed by atoms with Crippen molar-refractivity contribution in [1.82, 2.24) is 9.62 Å². The Labute approximate surface area is 115 Å². The lowest BCUT2D eigenvalue weighted by atomic mass is 10.0. The zero-order chi connectivity index (χ0) is 14.8. The van der Waals surface area contributed by atoms with E-state index in [1.54, 1.807) is 27.7 Å². The summed E-state index contributed by atoms with van der Waals surface area (Å²) in [5.74, 6) is -0.197. The Hall–Kier alpha value is -0.660. The Kier molecular flexibility index (Phi) is 4.97. The quantitative estimate of drug-likeness (QED) is 0.765. The first-order valence-corrected chi connectivity index (χ1v) is 8.14. The third-order valence-corrected chi connectivity index (χ3v) is 5.61. The molecule has 0 spiro atoms. The van der Waals surface area contributed by atoms with Gasteiger partial charge in [0.25, 0.3) is 0 Å². The number of hydrogen-bond donors (Lipinski definition) is 2. The topological polar surface area (TPSA) is 92.5 Å². The van der Waals surface area contributed by atoms with Gasteiger partial charge in [0.05, 0.1) is 10.8 Å². The summed E-state index contributed by atoms with van der Waals surface area (Å²) >= 11 is 0. The minimum Gasteiger partial charge on any atom is -0.352 e. The van der Waals surface area contributed by atoms with Gasteiger partial charge in [-0.05, 0) is 40.5 Å². The Bertz CT molecular complexity index is 418. The van der Waals surface area contributed by atoms with Crippen molar-refractivity contribution in [2.45, 2.75) is 57.4 Å². The number of nitrogens with zero attached hydrogens (tertiary/aromatic N) is 1. The molecule has 0 unspecified atom stereocenters. The molecule has 0 aliphatic carbocycles. The van der Waals surface area contributed by atoms with Gasteiger partial charge in [-0.25, -0.2) is 12.7 Å². The monoisotopic (exact) mass is 291 g/mol. The molecule has 1 saturated heterocycles. The predicted octanol–water partition coefficient (Wildman–Crippen LogP) is 0.0425. The van der Waals surface area contributed by atoms with Crippen LogP contribution in [0.15, 0.2) is 0 Å². The molecule has 6 nitrogen and oxygen atoms in total. The van der Waals surface area contributed by atoms with E-state index < -0.39 is 20.8 Å².